The summed E-state index contributed by atoms with van der Waals surface area (Å²) in [5.74, 6) is -0.924. The van der Waals surface area contributed by atoms with E-state index in [-0.39, 0.29) is 18.0 Å². The van der Waals surface area contributed by atoms with Crippen LogP contribution in [0.4, 0.5) is 5.69 Å². The largest absolute Gasteiger partial charge is 0.486 e. The van der Waals surface area contributed by atoms with E-state index < -0.39 is 16.3 Å². The second-order valence-electron chi connectivity index (χ2n) is 4.71. The lowest BCUT2D eigenvalue weighted by Crippen LogP contribution is -2.30. The van der Waals surface area contributed by atoms with Crippen LogP contribution in [0.5, 0.6) is 5.75 Å². The number of ether oxygens (including phenoxy) is 1. The van der Waals surface area contributed by atoms with E-state index in [1.807, 2.05) is 0 Å². The molecule has 1 N–H and O–H groups in total. The number of hydrogen-bond donors (Lipinski definition) is 1. The average Bonchev–Trinajstić information content (AvgIpc) is 2.26. The molecule has 0 aliphatic carbocycles. The fourth-order valence-electron chi connectivity index (χ4n) is 1.21. The van der Waals surface area contributed by atoms with Gasteiger partial charge in [-0.25, -0.2) is 0 Å². The van der Waals surface area contributed by atoms with Crippen LogP contribution in [0.25, 0.3) is 0 Å². The van der Waals surface area contributed by atoms with E-state index >= 15 is 0 Å². The summed E-state index contributed by atoms with van der Waals surface area (Å²) in [4.78, 5) is 21.2. The number of benzene rings is 1. The Morgan fingerprint density at radius 1 is 1.50 bits per heavy atom. The van der Waals surface area contributed by atoms with Gasteiger partial charge in [-0.1, -0.05) is 6.07 Å². The molecule has 1 rings (SSSR count). The second kappa shape index (κ2) is 5.03. The molecule has 0 amide bonds. The van der Waals surface area contributed by atoms with Gasteiger partial charge in [-0.15, -0.1) is 0 Å². The molecule has 0 aliphatic rings. The first-order valence-corrected chi connectivity index (χ1v) is 5.35. The molecule has 6 nitrogen and oxygen atoms in total. The van der Waals surface area contributed by atoms with E-state index in [9.17, 15) is 14.9 Å². The molecule has 0 bridgehead atoms. The molecule has 1 aromatic carbocycles. The summed E-state index contributed by atoms with van der Waals surface area (Å²) in [5.41, 5.74) is -0.456. The Labute approximate surface area is 104 Å². The Morgan fingerprint density at radius 3 is 2.61 bits per heavy atom. The number of nitro benzene ring substituents is 1. The topological polar surface area (TPSA) is 89.7 Å². The lowest BCUT2D eigenvalue weighted by atomic mass is 9.95. The van der Waals surface area contributed by atoms with Crippen molar-refractivity contribution in [3.05, 3.63) is 33.9 Å². The molecule has 0 radical (unpaired) electrons. The van der Waals surface area contributed by atoms with Gasteiger partial charge in [-0.05, 0) is 32.4 Å². The first-order chi connectivity index (χ1) is 8.24. The maximum Gasteiger partial charge on any atom is 0.312 e. The molecule has 0 heterocycles. The summed E-state index contributed by atoms with van der Waals surface area (Å²) in [6, 6.07) is 4.47. The minimum atomic E-state index is -1.10. The number of rotatable bonds is 5. The zero-order valence-corrected chi connectivity index (χ0v) is 10.5. The Bertz CT molecular complexity index is 481. The lowest BCUT2D eigenvalue weighted by Gasteiger charge is -2.19. The molecule has 0 aromatic heterocycles. The fraction of sp³-hybridized carbons (Fsp3) is 0.417. The molecular formula is C12H15NO5. The smallest absolute Gasteiger partial charge is 0.312 e. The quantitative estimate of drug-likeness (QED) is 0.642. The second-order valence-corrected chi connectivity index (χ2v) is 4.71. The molecular weight excluding hydrogens is 238 g/mol. The van der Waals surface area contributed by atoms with E-state index in [4.69, 9.17) is 9.84 Å². The van der Waals surface area contributed by atoms with Crippen molar-refractivity contribution >= 4 is 11.7 Å². The summed E-state index contributed by atoms with van der Waals surface area (Å²) in [6.07, 6.45) is 0. The van der Waals surface area contributed by atoms with Crippen LogP contribution in [-0.2, 0) is 4.79 Å². The Morgan fingerprint density at radius 2 is 2.11 bits per heavy atom. The standard InChI is InChI=1S/C12H15NO5/c1-8-4-5-9(13(16)17)10(6-8)18-7-12(2,3)11(14)15/h4-6H,7H2,1-3H3,(H,14,15). The summed E-state index contributed by atoms with van der Waals surface area (Å²) < 4.78 is 5.28. The first-order valence-electron chi connectivity index (χ1n) is 5.35. The van der Waals surface area contributed by atoms with Gasteiger partial charge in [0.25, 0.3) is 0 Å². The van der Waals surface area contributed by atoms with Crippen LogP contribution in [0, 0.1) is 22.5 Å². The highest BCUT2D eigenvalue weighted by Crippen LogP contribution is 2.29. The van der Waals surface area contributed by atoms with Crippen molar-refractivity contribution < 1.29 is 19.6 Å². The van der Waals surface area contributed by atoms with Crippen molar-refractivity contribution in [2.45, 2.75) is 20.8 Å². The zero-order chi connectivity index (χ0) is 13.9. The molecule has 0 atom stereocenters. The third-order valence-corrected chi connectivity index (χ3v) is 2.48. The van der Waals surface area contributed by atoms with Crippen molar-refractivity contribution in [3.63, 3.8) is 0 Å². The molecule has 1 aromatic rings. The van der Waals surface area contributed by atoms with Crippen LogP contribution < -0.4 is 4.74 Å². The van der Waals surface area contributed by atoms with Crippen LogP contribution in [0.15, 0.2) is 18.2 Å². The van der Waals surface area contributed by atoms with Crippen molar-refractivity contribution in [1.29, 1.82) is 0 Å². The normalized spacial score (nSPS) is 11.1. The molecule has 6 heteroatoms. The third kappa shape index (κ3) is 3.19. The minimum absolute atomic E-state index is 0.0920. The van der Waals surface area contributed by atoms with E-state index in [0.717, 1.165) is 5.56 Å². The molecule has 98 valence electrons. The highest BCUT2D eigenvalue weighted by Gasteiger charge is 2.29. The number of carbonyl (C=O) groups is 1. The maximum atomic E-state index is 10.9. The molecule has 18 heavy (non-hydrogen) atoms. The molecule has 0 saturated heterocycles. The van der Waals surface area contributed by atoms with Gasteiger partial charge in [-0.2, -0.15) is 0 Å². The summed E-state index contributed by atoms with van der Waals surface area (Å²) >= 11 is 0. The first kappa shape index (κ1) is 14.0. The number of aliphatic carboxylic acids is 1. The van der Waals surface area contributed by atoms with Gasteiger partial charge in [0.1, 0.15) is 6.61 Å². The average molecular weight is 253 g/mol. The van der Waals surface area contributed by atoms with Crippen LogP contribution in [0.1, 0.15) is 19.4 Å². The lowest BCUT2D eigenvalue weighted by molar-refractivity contribution is -0.386. The minimum Gasteiger partial charge on any atom is -0.486 e. The van der Waals surface area contributed by atoms with Crippen LogP contribution in [0.3, 0.4) is 0 Å². The van der Waals surface area contributed by atoms with Gasteiger partial charge in [-0.3, -0.25) is 14.9 Å². The monoisotopic (exact) mass is 253 g/mol. The Balaban J connectivity index is 2.94. The SMILES string of the molecule is Cc1ccc([N+](=O)[O-])c(OCC(C)(C)C(=O)O)c1. The van der Waals surface area contributed by atoms with Crippen molar-refractivity contribution in [2.75, 3.05) is 6.61 Å². The van der Waals surface area contributed by atoms with Gasteiger partial charge in [0.15, 0.2) is 5.75 Å². The number of carboxylic acids is 1. The van der Waals surface area contributed by atoms with Gasteiger partial charge in [0.05, 0.1) is 10.3 Å². The molecule has 0 aliphatic heterocycles. The number of nitro groups is 1. The number of carboxylic acid groups (broad SMARTS) is 1. The van der Waals surface area contributed by atoms with E-state index in [2.05, 4.69) is 0 Å². The van der Waals surface area contributed by atoms with Crippen molar-refractivity contribution in [2.24, 2.45) is 5.41 Å². The Kier molecular flexibility index (Phi) is 3.90. The predicted molar refractivity (Wildman–Crippen MR) is 64.7 cm³/mol. The highest BCUT2D eigenvalue weighted by atomic mass is 16.6. The number of aryl methyl sites for hydroxylation is 1. The number of nitrogens with zero attached hydrogens (tertiary/aromatic N) is 1. The van der Waals surface area contributed by atoms with Gasteiger partial charge < -0.3 is 9.84 Å². The maximum absolute atomic E-state index is 10.9. The van der Waals surface area contributed by atoms with Gasteiger partial charge in [0, 0.05) is 6.07 Å². The van der Waals surface area contributed by atoms with Gasteiger partial charge in [0.2, 0.25) is 0 Å². The van der Waals surface area contributed by atoms with Crippen LogP contribution in [0.2, 0.25) is 0 Å². The fourth-order valence-corrected chi connectivity index (χ4v) is 1.21. The zero-order valence-electron chi connectivity index (χ0n) is 10.5. The summed E-state index contributed by atoms with van der Waals surface area (Å²) in [7, 11) is 0. The van der Waals surface area contributed by atoms with Crippen molar-refractivity contribution in [1.82, 2.24) is 0 Å². The van der Waals surface area contributed by atoms with Gasteiger partial charge >= 0.3 is 11.7 Å². The molecule has 0 spiro atoms. The number of hydrogen-bond acceptors (Lipinski definition) is 4. The van der Waals surface area contributed by atoms with E-state index in [0.29, 0.717) is 0 Å². The third-order valence-electron chi connectivity index (χ3n) is 2.48. The highest BCUT2D eigenvalue weighted by molar-refractivity contribution is 5.73. The molecule has 0 fully saturated rings. The van der Waals surface area contributed by atoms with Crippen LogP contribution >= 0.6 is 0 Å². The molecule has 0 saturated carbocycles. The summed E-state index contributed by atoms with van der Waals surface area (Å²) in [6.45, 7) is 4.64. The van der Waals surface area contributed by atoms with Crippen molar-refractivity contribution in [3.8, 4) is 5.75 Å². The van der Waals surface area contributed by atoms with Crippen LogP contribution in [-0.4, -0.2) is 22.6 Å². The Hall–Kier alpha value is -2.11. The van der Waals surface area contributed by atoms with E-state index in [1.54, 1.807) is 13.0 Å². The predicted octanol–water partition coefficient (Wildman–Crippen LogP) is 2.39. The van der Waals surface area contributed by atoms with E-state index in [1.165, 1.54) is 26.0 Å². The summed E-state index contributed by atoms with van der Waals surface area (Å²) in [5, 5.41) is 19.7. The molecule has 0 unspecified atom stereocenters.